The number of hydrogen-bond acceptors (Lipinski definition) is 3. The van der Waals surface area contributed by atoms with E-state index < -0.39 is 9.84 Å². The average molecular weight is 294 g/mol. The Morgan fingerprint density at radius 2 is 2.05 bits per heavy atom. The number of aromatic nitrogens is 1. The first-order valence-electron chi connectivity index (χ1n) is 7.04. The molecule has 5 heteroatoms. The summed E-state index contributed by atoms with van der Waals surface area (Å²) in [5.74, 6) is 0.131. The van der Waals surface area contributed by atoms with E-state index in [-0.39, 0.29) is 5.75 Å². The highest BCUT2D eigenvalue weighted by atomic mass is 32.2. The molecule has 0 saturated heterocycles. The van der Waals surface area contributed by atoms with Crippen LogP contribution in [0.4, 0.5) is 0 Å². The maximum absolute atomic E-state index is 12.0. The van der Waals surface area contributed by atoms with Crippen molar-refractivity contribution < 1.29 is 8.42 Å². The van der Waals surface area contributed by atoms with Crippen LogP contribution in [0.15, 0.2) is 29.3 Å². The van der Waals surface area contributed by atoms with E-state index in [2.05, 4.69) is 24.1 Å². The molecule has 1 unspecified atom stereocenters. The molecule has 1 heterocycles. The van der Waals surface area contributed by atoms with E-state index in [0.29, 0.717) is 10.9 Å². The molecule has 0 spiro atoms. The highest BCUT2D eigenvalue weighted by molar-refractivity contribution is 7.91. The first-order valence-corrected chi connectivity index (χ1v) is 8.69. The Balaban J connectivity index is 2.40. The summed E-state index contributed by atoms with van der Waals surface area (Å²) >= 11 is 0. The van der Waals surface area contributed by atoms with Crippen molar-refractivity contribution in [2.75, 3.05) is 12.3 Å². The van der Waals surface area contributed by atoms with Crippen LogP contribution in [0.5, 0.6) is 0 Å². The molecule has 4 nitrogen and oxygen atoms in total. The molecule has 0 aliphatic rings. The van der Waals surface area contributed by atoms with Gasteiger partial charge in [0, 0.05) is 23.1 Å². The smallest absolute Gasteiger partial charge is 0.178 e. The number of aromatic amines is 1. The fourth-order valence-electron chi connectivity index (χ4n) is 2.44. The van der Waals surface area contributed by atoms with Crippen LogP contribution in [0.1, 0.15) is 26.3 Å². The van der Waals surface area contributed by atoms with E-state index in [1.54, 1.807) is 19.1 Å². The quantitative estimate of drug-likeness (QED) is 0.860. The summed E-state index contributed by atoms with van der Waals surface area (Å²) in [7, 11) is -3.15. The Morgan fingerprint density at radius 1 is 1.30 bits per heavy atom. The second-order valence-corrected chi connectivity index (χ2v) is 7.37. The van der Waals surface area contributed by atoms with Crippen LogP contribution < -0.4 is 5.32 Å². The molecule has 0 fully saturated rings. The molecular formula is C15H22N2O2S. The lowest BCUT2D eigenvalue weighted by Crippen LogP contribution is -2.27. The minimum Gasteiger partial charge on any atom is -0.361 e. The number of benzene rings is 1. The zero-order valence-corrected chi connectivity index (χ0v) is 13.0. The molecule has 1 aromatic heterocycles. The minimum absolute atomic E-state index is 0.131. The monoisotopic (exact) mass is 294 g/mol. The molecule has 1 aromatic carbocycles. The van der Waals surface area contributed by atoms with Gasteiger partial charge in [0.1, 0.15) is 0 Å². The van der Waals surface area contributed by atoms with Gasteiger partial charge >= 0.3 is 0 Å². The Labute approximate surface area is 120 Å². The summed E-state index contributed by atoms with van der Waals surface area (Å²) in [6.45, 7) is 6.82. The molecule has 0 aliphatic heterocycles. The summed E-state index contributed by atoms with van der Waals surface area (Å²) in [6.07, 6.45) is 2.85. The van der Waals surface area contributed by atoms with Crippen LogP contribution in [0, 0.1) is 0 Å². The molecule has 2 N–H and O–H groups in total. The Bertz CT molecular complexity index is 689. The summed E-state index contributed by atoms with van der Waals surface area (Å²) < 4.78 is 24.0. The van der Waals surface area contributed by atoms with E-state index in [1.165, 1.54) is 0 Å². The molecule has 2 rings (SSSR count). The SMILES string of the molecule is CCNC(C)Cc1c[nH]c2ccc(S(=O)(=O)CC)cc12. The number of fused-ring (bicyclic) bond motifs is 1. The number of likely N-dealkylation sites (N-methyl/N-ethyl adjacent to an activating group) is 1. The highest BCUT2D eigenvalue weighted by Gasteiger charge is 2.14. The second-order valence-electron chi connectivity index (χ2n) is 5.09. The normalized spacial score (nSPS) is 13.8. The van der Waals surface area contributed by atoms with E-state index in [9.17, 15) is 8.42 Å². The molecule has 1 atom stereocenters. The molecule has 0 aliphatic carbocycles. The lowest BCUT2D eigenvalue weighted by atomic mass is 10.1. The zero-order valence-electron chi connectivity index (χ0n) is 12.2. The molecule has 0 saturated carbocycles. The molecule has 0 radical (unpaired) electrons. The van der Waals surface area contributed by atoms with Gasteiger partial charge in [-0.15, -0.1) is 0 Å². The van der Waals surface area contributed by atoms with Crippen molar-refractivity contribution in [3.05, 3.63) is 30.0 Å². The van der Waals surface area contributed by atoms with E-state index in [4.69, 9.17) is 0 Å². The van der Waals surface area contributed by atoms with Crippen LogP contribution in [0.3, 0.4) is 0 Å². The second kappa shape index (κ2) is 5.97. The third-order valence-electron chi connectivity index (χ3n) is 3.56. The van der Waals surface area contributed by atoms with Crippen molar-refractivity contribution in [3.63, 3.8) is 0 Å². The van der Waals surface area contributed by atoms with Crippen molar-refractivity contribution in [1.82, 2.24) is 10.3 Å². The predicted molar refractivity (Wildman–Crippen MR) is 82.9 cm³/mol. The molecule has 110 valence electrons. The number of hydrogen-bond donors (Lipinski definition) is 2. The summed E-state index contributed by atoms with van der Waals surface area (Å²) in [5.41, 5.74) is 2.14. The van der Waals surface area contributed by atoms with Gasteiger partial charge in [-0.1, -0.05) is 13.8 Å². The first-order chi connectivity index (χ1) is 9.47. The van der Waals surface area contributed by atoms with E-state index >= 15 is 0 Å². The Kier molecular flexibility index (Phi) is 4.50. The number of nitrogens with one attached hydrogen (secondary N) is 2. The van der Waals surface area contributed by atoms with Crippen molar-refractivity contribution >= 4 is 20.7 Å². The molecule has 2 aromatic rings. The van der Waals surface area contributed by atoms with Gasteiger partial charge in [-0.25, -0.2) is 8.42 Å². The topological polar surface area (TPSA) is 62.0 Å². The van der Waals surface area contributed by atoms with Gasteiger partial charge in [0.15, 0.2) is 9.84 Å². The van der Waals surface area contributed by atoms with Crippen molar-refractivity contribution in [2.24, 2.45) is 0 Å². The van der Waals surface area contributed by atoms with Crippen LogP contribution in [0.2, 0.25) is 0 Å². The third-order valence-corrected chi connectivity index (χ3v) is 5.29. The summed E-state index contributed by atoms with van der Waals surface area (Å²) in [6, 6.07) is 5.68. The number of rotatable bonds is 6. The van der Waals surface area contributed by atoms with Crippen LogP contribution in [0.25, 0.3) is 10.9 Å². The molecular weight excluding hydrogens is 272 g/mol. The number of H-pyrrole nitrogens is 1. The predicted octanol–water partition coefficient (Wildman–Crippen LogP) is 2.50. The molecule has 0 amide bonds. The third kappa shape index (κ3) is 3.04. The lowest BCUT2D eigenvalue weighted by Gasteiger charge is -2.11. The Hall–Kier alpha value is -1.33. The molecule has 0 bridgehead atoms. The van der Waals surface area contributed by atoms with Gasteiger partial charge in [-0.3, -0.25) is 0 Å². The zero-order chi connectivity index (χ0) is 14.8. The van der Waals surface area contributed by atoms with E-state index in [0.717, 1.165) is 29.4 Å². The standard InChI is InChI=1S/C15H22N2O2S/c1-4-16-11(3)8-12-10-17-15-7-6-13(9-14(12)15)20(18,19)5-2/h6-7,9-11,16-17H,4-5,8H2,1-3H3. The van der Waals surface area contributed by atoms with Gasteiger partial charge in [-0.2, -0.15) is 0 Å². The fraction of sp³-hybridized carbons (Fsp3) is 0.467. The average Bonchev–Trinajstić information content (AvgIpc) is 2.81. The first kappa shape index (κ1) is 15.1. The summed E-state index contributed by atoms with van der Waals surface area (Å²) in [4.78, 5) is 3.62. The van der Waals surface area contributed by atoms with Crippen LogP contribution in [-0.4, -0.2) is 31.7 Å². The lowest BCUT2D eigenvalue weighted by molar-refractivity contribution is 0.567. The maximum atomic E-state index is 12.0. The number of sulfone groups is 1. The van der Waals surface area contributed by atoms with Gasteiger partial charge in [-0.05, 0) is 43.7 Å². The maximum Gasteiger partial charge on any atom is 0.178 e. The van der Waals surface area contributed by atoms with Gasteiger partial charge in [0.25, 0.3) is 0 Å². The van der Waals surface area contributed by atoms with Crippen LogP contribution >= 0.6 is 0 Å². The summed E-state index contributed by atoms with van der Waals surface area (Å²) in [5, 5.41) is 4.38. The largest absolute Gasteiger partial charge is 0.361 e. The van der Waals surface area contributed by atoms with Gasteiger partial charge in [0.05, 0.1) is 10.6 Å². The minimum atomic E-state index is -3.15. The molecule has 20 heavy (non-hydrogen) atoms. The van der Waals surface area contributed by atoms with Crippen molar-refractivity contribution in [3.8, 4) is 0 Å². The van der Waals surface area contributed by atoms with Crippen molar-refractivity contribution in [2.45, 2.75) is 38.1 Å². The van der Waals surface area contributed by atoms with Gasteiger partial charge in [0.2, 0.25) is 0 Å². The fourth-order valence-corrected chi connectivity index (χ4v) is 3.34. The Morgan fingerprint density at radius 3 is 2.70 bits per heavy atom. The van der Waals surface area contributed by atoms with Crippen molar-refractivity contribution in [1.29, 1.82) is 0 Å². The highest BCUT2D eigenvalue weighted by Crippen LogP contribution is 2.23. The van der Waals surface area contributed by atoms with Gasteiger partial charge < -0.3 is 10.3 Å². The van der Waals surface area contributed by atoms with Crippen LogP contribution in [-0.2, 0) is 16.3 Å². The van der Waals surface area contributed by atoms with E-state index in [1.807, 2.05) is 12.3 Å².